The van der Waals surface area contributed by atoms with Crippen LogP contribution >= 0.6 is 0 Å². The lowest BCUT2D eigenvalue weighted by molar-refractivity contribution is -0.116. The molecule has 1 amide bonds. The second-order valence-corrected chi connectivity index (χ2v) is 8.89. The fourth-order valence-corrected chi connectivity index (χ4v) is 3.72. The van der Waals surface area contributed by atoms with Gasteiger partial charge in [0.1, 0.15) is 12.0 Å². The van der Waals surface area contributed by atoms with Gasteiger partial charge in [0.2, 0.25) is 5.91 Å². The molecule has 0 aliphatic carbocycles. The lowest BCUT2D eigenvalue weighted by Gasteiger charge is -2.24. The van der Waals surface area contributed by atoms with Crippen LogP contribution in [0, 0.1) is 0 Å². The van der Waals surface area contributed by atoms with Crippen molar-refractivity contribution in [3.63, 3.8) is 0 Å². The van der Waals surface area contributed by atoms with Crippen molar-refractivity contribution in [2.45, 2.75) is 71.1 Å². The summed E-state index contributed by atoms with van der Waals surface area (Å²) in [4.78, 5) is 24.3. The van der Waals surface area contributed by atoms with Crippen LogP contribution in [0.5, 0.6) is 5.75 Å². The van der Waals surface area contributed by atoms with E-state index in [-0.39, 0.29) is 17.2 Å². The van der Waals surface area contributed by atoms with Crippen LogP contribution in [-0.4, -0.2) is 19.3 Å². The maximum Gasteiger partial charge on any atom is 0.224 e. The third kappa shape index (κ3) is 6.72. The Hall–Kier alpha value is -2.62. The Balaban J connectivity index is 2.21. The molecule has 0 aromatic heterocycles. The maximum absolute atomic E-state index is 13.0. The summed E-state index contributed by atoms with van der Waals surface area (Å²) in [6, 6.07) is 13.5. The molecule has 0 radical (unpaired) electrons. The van der Waals surface area contributed by atoms with Crippen molar-refractivity contribution in [1.29, 1.82) is 0 Å². The van der Waals surface area contributed by atoms with E-state index in [2.05, 4.69) is 45.1 Å². The molecular formula is C26H35NO3. The molecule has 0 aliphatic rings. The number of unbranched alkanes of at least 4 members (excludes halogenated alkanes) is 2. The molecule has 30 heavy (non-hydrogen) atoms. The number of rotatable bonds is 10. The molecule has 1 atom stereocenters. The highest BCUT2D eigenvalue weighted by molar-refractivity contribution is 5.93. The number of ether oxygens (including phenoxy) is 1. The first-order chi connectivity index (χ1) is 14.3. The number of aldehydes is 1. The van der Waals surface area contributed by atoms with Crippen molar-refractivity contribution in [2.75, 3.05) is 12.4 Å². The van der Waals surface area contributed by atoms with Crippen LogP contribution in [0.1, 0.15) is 87.2 Å². The predicted octanol–water partition coefficient (Wildman–Crippen LogP) is 6.50. The van der Waals surface area contributed by atoms with E-state index in [1.165, 1.54) is 0 Å². The van der Waals surface area contributed by atoms with E-state index in [1.54, 1.807) is 19.2 Å². The monoisotopic (exact) mass is 409 g/mol. The van der Waals surface area contributed by atoms with E-state index in [4.69, 9.17) is 4.74 Å². The van der Waals surface area contributed by atoms with Crippen molar-refractivity contribution in [1.82, 2.24) is 0 Å². The minimum atomic E-state index is -0.138. The van der Waals surface area contributed by atoms with E-state index in [0.29, 0.717) is 12.0 Å². The third-order valence-electron chi connectivity index (χ3n) is 5.44. The molecule has 0 bridgehead atoms. The van der Waals surface area contributed by atoms with Crippen LogP contribution in [0.15, 0.2) is 42.5 Å². The largest absolute Gasteiger partial charge is 0.497 e. The van der Waals surface area contributed by atoms with Crippen LogP contribution in [0.25, 0.3) is 0 Å². The summed E-state index contributed by atoms with van der Waals surface area (Å²) in [5, 5.41) is 3.08. The van der Waals surface area contributed by atoms with Gasteiger partial charge in [-0.15, -0.1) is 0 Å². The van der Waals surface area contributed by atoms with Gasteiger partial charge in [-0.25, -0.2) is 0 Å². The smallest absolute Gasteiger partial charge is 0.224 e. The van der Waals surface area contributed by atoms with Gasteiger partial charge in [0.15, 0.2) is 0 Å². The highest BCUT2D eigenvalue weighted by atomic mass is 16.5. The van der Waals surface area contributed by atoms with Crippen LogP contribution in [-0.2, 0) is 10.2 Å². The highest BCUT2D eigenvalue weighted by Crippen LogP contribution is 2.32. The molecule has 1 unspecified atom stereocenters. The Kier molecular flexibility index (Phi) is 8.64. The molecule has 2 aromatic carbocycles. The zero-order valence-electron chi connectivity index (χ0n) is 19.0. The molecular weight excluding hydrogens is 374 g/mol. The van der Waals surface area contributed by atoms with Gasteiger partial charge in [0.05, 0.1) is 7.11 Å². The van der Waals surface area contributed by atoms with Gasteiger partial charge in [-0.3, -0.25) is 9.59 Å². The molecule has 1 N–H and O–H groups in total. The third-order valence-corrected chi connectivity index (χ3v) is 5.44. The van der Waals surface area contributed by atoms with Gasteiger partial charge >= 0.3 is 0 Å². The average molecular weight is 410 g/mol. The number of anilines is 1. The highest BCUT2D eigenvalue weighted by Gasteiger charge is 2.21. The van der Waals surface area contributed by atoms with Gasteiger partial charge in [-0.05, 0) is 47.1 Å². The summed E-state index contributed by atoms with van der Waals surface area (Å²) in [5.41, 5.74) is 3.32. The number of carbonyl (C=O) groups excluding carboxylic acids is 2. The maximum atomic E-state index is 13.0. The van der Waals surface area contributed by atoms with Crippen molar-refractivity contribution in [3.05, 3.63) is 59.2 Å². The van der Waals surface area contributed by atoms with Gasteiger partial charge < -0.3 is 10.1 Å². The number of hydrogen-bond acceptors (Lipinski definition) is 3. The van der Waals surface area contributed by atoms with Gasteiger partial charge in [0, 0.05) is 17.7 Å². The quantitative estimate of drug-likeness (QED) is 0.360. The standard InChI is InChI=1S/C26H35NO3/c1-6-7-8-9-21(20-11-13-22(30-5)14-12-20)17-25(29)27-24-16-19(18-28)10-15-23(24)26(2,3)4/h10-16,18,21H,6-9,17H2,1-5H3,(H,27,29). The normalized spacial score (nSPS) is 12.3. The second kappa shape index (κ2) is 11.0. The molecule has 0 heterocycles. The number of nitrogens with one attached hydrogen (secondary N) is 1. The lowest BCUT2D eigenvalue weighted by atomic mass is 9.85. The van der Waals surface area contributed by atoms with Gasteiger partial charge in [0.25, 0.3) is 0 Å². The molecule has 2 rings (SSSR count). The number of methoxy groups -OCH3 is 1. The lowest BCUT2D eigenvalue weighted by Crippen LogP contribution is -2.20. The topological polar surface area (TPSA) is 55.4 Å². The molecule has 0 spiro atoms. The van der Waals surface area contributed by atoms with Gasteiger partial charge in [-0.1, -0.05) is 71.2 Å². The number of hydrogen-bond donors (Lipinski definition) is 1. The Morgan fingerprint density at radius 2 is 1.80 bits per heavy atom. The van der Waals surface area contributed by atoms with Crippen LogP contribution in [0.3, 0.4) is 0 Å². The van der Waals surface area contributed by atoms with E-state index in [1.807, 2.05) is 18.2 Å². The van der Waals surface area contributed by atoms with E-state index in [0.717, 1.165) is 54.5 Å². The summed E-state index contributed by atoms with van der Waals surface area (Å²) in [6.07, 6.45) is 5.58. The van der Waals surface area contributed by atoms with Crippen molar-refractivity contribution in [2.24, 2.45) is 0 Å². The van der Waals surface area contributed by atoms with Crippen molar-refractivity contribution in [3.8, 4) is 5.75 Å². The summed E-state index contributed by atoms with van der Waals surface area (Å²) >= 11 is 0. The number of amides is 1. The molecule has 0 saturated carbocycles. The SMILES string of the molecule is CCCCCC(CC(=O)Nc1cc(C=O)ccc1C(C)(C)C)c1ccc(OC)cc1. The van der Waals surface area contributed by atoms with Crippen LogP contribution in [0.4, 0.5) is 5.69 Å². The van der Waals surface area contributed by atoms with Crippen LogP contribution in [0.2, 0.25) is 0 Å². The van der Waals surface area contributed by atoms with Gasteiger partial charge in [-0.2, -0.15) is 0 Å². The molecule has 4 nitrogen and oxygen atoms in total. The zero-order chi connectivity index (χ0) is 22.1. The Bertz CT molecular complexity index is 834. The molecule has 2 aromatic rings. The zero-order valence-corrected chi connectivity index (χ0v) is 19.0. The van der Waals surface area contributed by atoms with E-state index in [9.17, 15) is 9.59 Å². The fraction of sp³-hybridized carbons (Fsp3) is 0.462. The minimum Gasteiger partial charge on any atom is -0.497 e. The Morgan fingerprint density at radius 3 is 2.37 bits per heavy atom. The molecule has 0 saturated heterocycles. The average Bonchev–Trinajstić information content (AvgIpc) is 2.72. The van der Waals surface area contributed by atoms with Crippen LogP contribution < -0.4 is 10.1 Å². The first kappa shape index (κ1) is 23.7. The summed E-state index contributed by atoms with van der Waals surface area (Å²) in [6.45, 7) is 8.49. The Labute approximate surface area is 181 Å². The van der Waals surface area contributed by atoms with Crippen molar-refractivity contribution >= 4 is 17.9 Å². The number of benzene rings is 2. The van der Waals surface area contributed by atoms with Crippen molar-refractivity contribution < 1.29 is 14.3 Å². The summed E-state index contributed by atoms with van der Waals surface area (Å²) < 4.78 is 5.27. The predicted molar refractivity (Wildman–Crippen MR) is 124 cm³/mol. The Morgan fingerprint density at radius 1 is 1.10 bits per heavy atom. The first-order valence-corrected chi connectivity index (χ1v) is 10.8. The summed E-state index contributed by atoms with van der Waals surface area (Å²) in [5.74, 6) is 0.937. The summed E-state index contributed by atoms with van der Waals surface area (Å²) in [7, 11) is 1.65. The first-order valence-electron chi connectivity index (χ1n) is 10.8. The molecule has 4 heteroatoms. The fourth-order valence-electron chi connectivity index (χ4n) is 3.72. The molecule has 0 aliphatic heterocycles. The molecule has 162 valence electrons. The van der Waals surface area contributed by atoms with E-state index >= 15 is 0 Å². The minimum absolute atomic E-state index is 0.0270. The molecule has 0 fully saturated rings. The van der Waals surface area contributed by atoms with E-state index < -0.39 is 0 Å². The second-order valence-electron chi connectivity index (χ2n) is 8.89. The number of carbonyl (C=O) groups is 2.